The summed E-state index contributed by atoms with van der Waals surface area (Å²) in [4.78, 5) is 12.8. The van der Waals surface area contributed by atoms with Crippen LogP contribution in [0, 0.1) is 20.8 Å². The third-order valence-electron chi connectivity index (χ3n) is 5.11. The molecule has 2 aromatic carbocycles. The van der Waals surface area contributed by atoms with E-state index < -0.39 is 24.9 Å². The quantitative estimate of drug-likeness (QED) is 0.425. The van der Waals surface area contributed by atoms with E-state index in [1.807, 2.05) is 36.7 Å². The van der Waals surface area contributed by atoms with Crippen LogP contribution in [0.1, 0.15) is 38.4 Å². The van der Waals surface area contributed by atoms with Gasteiger partial charge in [0.05, 0.1) is 30.2 Å². The average molecular weight is 463 g/mol. The summed E-state index contributed by atoms with van der Waals surface area (Å²) in [6.07, 6.45) is -3.80. The summed E-state index contributed by atoms with van der Waals surface area (Å²) < 4.78 is 57.0. The van der Waals surface area contributed by atoms with Gasteiger partial charge in [0.25, 0.3) is 5.91 Å². The summed E-state index contributed by atoms with van der Waals surface area (Å²) >= 11 is 0. The molecule has 3 rings (SSSR count). The summed E-state index contributed by atoms with van der Waals surface area (Å²) in [6.45, 7) is 4.50. The molecule has 0 bridgehead atoms. The summed E-state index contributed by atoms with van der Waals surface area (Å²) in [7, 11) is 0. The summed E-state index contributed by atoms with van der Waals surface area (Å²) in [6, 6.07) is 14.2. The first-order valence-corrected chi connectivity index (χ1v) is 10.3. The number of hydrogen-bond acceptors (Lipinski definition) is 3. The van der Waals surface area contributed by atoms with Crippen LogP contribution in [0.3, 0.4) is 0 Å². The molecular formula is C24H25F4N3O2. The number of amides is 1. The van der Waals surface area contributed by atoms with Crippen molar-refractivity contribution < 1.29 is 27.1 Å². The molecule has 3 aromatic rings. The Kier molecular flexibility index (Phi) is 7.53. The number of ether oxygens (including phenoxy) is 1. The Hall–Kier alpha value is -3.20. The molecule has 1 amide bonds. The predicted molar refractivity (Wildman–Crippen MR) is 117 cm³/mol. The maximum absolute atomic E-state index is 13.0. The molecule has 0 saturated heterocycles. The van der Waals surface area contributed by atoms with Crippen LogP contribution in [-0.2, 0) is 17.9 Å². The summed E-state index contributed by atoms with van der Waals surface area (Å²) in [5, 5.41) is 7.38. The van der Waals surface area contributed by atoms with Crippen molar-refractivity contribution in [2.45, 2.75) is 46.3 Å². The number of carbonyl (C=O) groups is 1. The molecule has 33 heavy (non-hydrogen) atoms. The highest BCUT2D eigenvalue weighted by molar-refractivity contribution is 6.05. The minimum Gasteiger partial charge on any atom is -0.370 e. The van der Waals surface area contributed by atoms with Crippen molar-refractivity contribution in [1.82, 2.24) is 9.78 Å². The number of aromatic nitrogens is 2. The number of nitrogens with zero attached hydrogens (tertiary/aromatic N) is 2. The van der Waals surface area contributed by atoms with Gasteiger partial charge in [0.2, 0.25) is 0 Å². The highest BCUT2D eigenvalue weighted by atomic mass is 19.3. The lowest BCUT2D eigenvalue weighted by molar-refractivity contribution is -0.168. The first-order chi connectivity index (χ1) is 15.6. The van der Waals surface area contributed by atoms with Crippen LogP contribution in [-0.4, -0.2) is 34.6 Å². The fourth-order valence-corrected chi connectivity index (χ4v) is 3.37. The number of rotatable bonds is 9. The molecule has 0 radical (unpaired) electrons. The number of halogens is 4. The van der Waals surface area contributed by atoms with Crippen LogP contribution >= 0.6 is 0 Å². The molecule has 0 unspecified atom stereocenters. The van der Waals surface area contributed by atoms with E-state index in [0.29, 0.717) is 23.5 Å². The molecule has 0 aliphatic rings. The van der Waals surface area contributed by atoms with Crippen LogP contribution in [0.2, 0.25) is 0 Å². The summed E-state index contributed by atoms with van der Waals surface area (Å²) in [5.41, 5.74) is 4.95. The van der Waals surface area contributed by atoms with E-state index in [-0.39, 0.29) is 12.2 Å². The van der Waals surface area contributed by atoms with Crippen molar-refractivity contribution in [3.63, 3.8) is 0 Å². The second kappa shape index (κ2) is 10.2. The van der Waals surface area contributed by atoms with Gasteiger partial charge >= 0.3 is 12.3 Å². The molecule has 0 aliphatic heterocycles. The van der Waals surface area contributed by atoms with Crippen LogP contribution in [0.15, 0.2) is 48.5 Å². The average Bonchev–Trinajstić information content (AvgIpc) is 3.01. The van der Waals surface area contributed by atoms with Crippen LogP contribution in [0.25, 0.3) is 0 Å². The van der Waals surface area contributed by atoms with Crippen LogP contribution in [0.4, 0.5) is 23.2 Å². The van der Waals surface area contributed by atoms with Crippen molar-refractivity contribution in [2.24, 2.45) is 0 Å². The van der Waals surface area contributed by atoms with Gasteiger partial charge in [0, 0.05) is 5.56 Å². The van der Waals surface area contributed by atoms with Gasteiger partial charge < -0.3 is 10.1 Å². The van der Waals surface area contributed by atoms with E-state index in [4.69, 9.17) is 4.74 Å². The van der Waals surface area contributed by atoms with Gasteiger partial charge in [-0.15, -0.1) is 0 Å². The van der Waals surface area contributed by atoms with Crippen LogP contribution < -0.4 is 5.32 Å². The van der Waals surface area contributed by atoms with E-state index in [1.165, 1.54) is 6.07 Å². The largest absolute Gasteiger partial charge is 0.370 e. The normalized spacial score (nSPS) is 11.8. The second-order valence-electron chi connectivity index (χ2n) is 7.90. The Morgan fingerprint density at radius 1 is 1.09 bits per heavy atom. The maximum Gasteiger partial charge on any atom is 0.330 e. The number of anilines is 1. The smallest absolute Gasteiger partial charge is 0.330 e. The number of aryl methyl sites for hydroxylation is 2. The zero-order valence-corrected chi connectivity index (χ0v) is 18.5. The zero-order chi connectivity index (χ0) is 24.2. The molecule has 1 heterocycles. The summed E-state index contributed by atoms with van der Waals surface area (Å²) in [5.74, 6) is -4.63. The van der Waals surface area contributed by atoms with E-state index >= 15 is 0 Å². The van der Waals surface area contributed by atoms with Gasteiger partial charge in [-0.3, -0.25) is 9.48 Å². The fourth-order valence-electron chi connectivity index (χ4n) is 3.37. The van der Waals surface area contributed by atoms with Gasteiger partial charge in [0.15, 0.2) is 0 Å². The minimum atomic E-state index is -4.22. The second-order valence-corrected chi connectivity index (χ2v) is 7.90. The lowest BCUT2D eigenvalue weighted by atomic mass is 10.1. The lowest BCUT2D eigenvalue weighted by Gasteiger charge is -2.15. The first-order valence-electron chi connectivity index (χ1n) is 10.3. The van der Waals surface area contributed by atoms with Crippen molar-refractivity contribution >= 4 is 11.6 Å². The van der Waals surface area contributed by atoms with E-state index in [2.05, 4.69) is 16.5 Å². The van der Waals surface area contributed by atoms with Gasteiger partial charge in [-0.2, -0.15) is 13.9 Å². The van der Waals surface area contributed by atoms with Gasteiger partial charge in [-0.25, -0.2) is 8.78 Å². The molecule has 0 atom stereocenters. The molecule has 1 aromatic heterocycles. The molecule has 9 heteroatoms. The lowest BCUT2D eigenvalue weighted by Crippen LogP contribution is -2.32. The molecule has 0 spiro atoms. The standard InChI is InChI=1S/C24H25F4N3O2/c1-15-6-4-7-18(10-15)12-31-17(3)21(16(2)30-31)29-22(32)20-9-5-8-19(11-20)13-33-14-24(27,28)23(25)26/h4-11,23H,12-14H2,1-3H3,(H,29,32). The number of benzene rings is 2. The van der Waals surface area contributed by atoms with Crippen molar-refractivity contribution in [2.75, 3.05) is 11.9 Å². The molecule has 176 valence electrons. The minimum absolute atomic E-state index is 0.280. The third-order valence-corrected chi connectivity index (χ3v) is 5.11. The molecular weight excluding hydrogens is 438 g/mol. The van der Waals surface area contributed by atoms with E-state index in [1.54, 1.807) is 25.1 Å². The van der Waals surface area contributed by atoms with E-state index in [9.17, 15) is 22.4 Å². The van der Waals surface area contributed by atoms with Crippen molar-refractivity contribution in [3.05, 3.63) is 82.2 Å². The van der Waals surface area contributed by atoms with E-state index in [0.717, 1.165) is 16.8 Å². The third kappa shape index (κ3) is 6.19. The topological polar surface area (TPSA) is 56.2 Å². The van der Waals surface area contributed by atoms with Gasteiger partial charge in [-0.05, 0) is 44.0 Å². The van der Waals surface area contributed by atoms with Crippen LogP contribution in [0.5, 0.6) is 0 Å². The monoisotopic (exact) mass is 463 g/mol. The Morgan fingerprint density at radius 3 is 2.48 bits per heavy atom. The number of alkyl halides is 4. The first kappa shape index (κ1) is 24.4. The van der Waals surface area contributed by atoms with Gasteiger partial charge in [0.1, 0.15) is 6.61 Å². The van der Waals surface area contributed by atoms with Crippen molar-refractivity contribution in [1.29, 1.82) is 0 Å². The molecule has 0 aliphatic carbocycles. The maximum atomic E-state index is 13.0. The van der Waals surface area contributed by atoms with Gasteiger partial charge in [-0.1, -0.05) is 42.0 Å². The Labute approximate surface area is 189 Å². The Morgan fingerprint density at radius 2 is 1.79 bits per heavy atom. The SMILES string of the molecule is Cc1cccc(Cn2nc(C)c(NC(=O)c3cccc(COCC(F)(F)C(F)F)c3)c2C)c1. The molecule has 1 N–H and O–H groups in total. The molecule has 0 saturated carbocycles. The Balaban J connectivity index is 1.68. The van der Waals surface area contributed by atoms with Crippen molar-refractivity contribution in [3.8, 4) is 0 Å². The number of carbonyl (C=O) groups excluding carboxylic acids is 1. The predicted octanol–water partition coefficient (Wildman–Crippen LogP) is 5.53. The zero-order valence-electron chi connectivity index (χ0n) is 18.5. The highest BCUT2D eigenvalue weighted by Gasteiger charge is 2.40. The Bertz CT molecular complexity index is 1130. The fraction of sp³-hybridized carbons (Fsp3) is 0.333. The number of hydrogen-bond donors (Lipinski definition) is 1. The molecule has 5 nitrogen and oxygen atoms in total. The number of nitrogens with one attached hydrogen (secondary N) is 1. The molecule has 0 fully saturated rings. The highest BCUT2D eigenvalue weighted by Crippen LogP contribution is 2.24.